The van der Waals surface area contributed by atoms with Gasteiger partial charge >= 0.3 is 0 Å². The van der Waals surface area contributed by atoms with E-state index in [1.807, 2.05) is 18.3 Å². The van der Waals surface area contributed by atoms with Gasteiger partial charge in [0.15, 0.2) is 11.5 Å². The molecule has 1 fully saturated rings. The standard InChI is InChI=1S/C21H24F2N8/c1-12-27-16-3-2-15(28-19(16)30(12)11-18(22)23)14-6-9-31-17(14)10-26-20(29-31)21(25)7-4-13(24)5-8-21/h2-3,6,9-10,13,18H,4-5,7-8,11,24-25H2,1H3. The maximum Gasteiger partial charge on any atom is 0.256 e. The van der Waals surface area contributed by atoms with Gasteiger partial charge < -0.3 is 16.0 Å². The number of hydrogen-bond donors (Lipinski definition) is 2. The zero-order valence-corrected chi connectivity index (χ0v) is 17.2. The first kappa shape index (κ1) is 20.0. The van der Waals surface area contributed by atoms with Crippen molar-refractivity contribution in [3.05, 3.63) is 42.2 Å². The van der Waals surface area contributed by atoms with Gasteiger partial charge in [0.2, 0.25) is 0 Å². The van der Waals surface area contributed by atoms with E-state index in [9.17, 15) is 8.78 Å². The summed E-state index contributed by atoms with van der Waals surface area (Å²) in [6, 6.07) is 5.70. The highest BCUT2D eigenvalue weighted by Crippen LogP contribution is 2.33. The lowest BCUT2D eigenvalue weighted by molar-refractivity contribution is 0.127. The van der Waals surface area contributed by atoms with Crippen LogP contribution in [0.3, 0.4) is 0 Å². The minimum atomic E-state index is -2.48. The fraction of sp³-hybridized carbons (Fsp3) is 0.429. The van der Waals surface area contributed by atoms with E-state index < -0.39 is 18.5 Å². The lowest BCUT2D eigenvalue weighted by Crippen LogP contribution is -2.45. The summed E-state index contributed by atoms with van der Waals surface area (Å²) >= 11 is 0. The van der Waals surface area contributed by atoms with Crippen LogP contribution < -0.4 is 11.5 Å². The highest BCUT2D eigenvalue weighted by molar-refractivity contribution is 5.82. The van der Waals surface area contributed by atoms with Crippen molar-refractivity contribution in [2.45, 2.75) is 57.2 Å². The summed E-state index contributed by atoms with van der Waals surface area (Å²) in [5.41, 5.74) is 15.3. The molecule has 0 saturated heterocycles. The van der Waals surface area contributed by atoms with E-state index in [0.717, 1.165) is 36.8 Å². The Morgan fingerprint density at radius 3 is 2.71 bits per heavy atom. The van der Waals surface area contributed by atoms with Crippen molar-refractivity contribution in [3.63, 3.8) is 0 Å². The van der Waals surface area contributed by atoms with E-state index in [1.54, 1.807) is 23.7 Å². The summed E-state index contributed by atoms with van der Waals surface area (Å²) in [5, 5.41) is 4.66. The molecule has 0 radical (unpaired) electrons. The molecule has 162 valence electrons. The van der Waals surface area contributed by atoms with Crippen molar-refractivity contribution in [3.8, 4) is 11.3 Å². The van der Waals surface area contributed by atoms with Crippen LogP contribution >= 0.6 is 0 Å². The zero-order chi connectivity index (χ0) is 21.8. The highest BCUT2D eigenvalue weighted by Gasteiger charge is 2.35. The second kappa shape index (κ2) is 7.31. The molecule has 31 heavy (non-hydrogen) atoms. The Morgan fingerprint density at radius 1 is 1.19 bits per heavy atom. The molecule has 4 aromatic rings. The van der Waals surface area contributed by atoms with Crippen molar-refractivity contribution in [1.82, 2.24) is 29.1 Å². The second-order valence-corrected chi connectivity index (χ2v) is 8.33. The average molecular weight is 426 g/mol. The number of imidazole rings is 1. The van der Waals surface area contributed by atoms with Gasteiger partial charge in [-0.2, -0.15) is 5.10 Å². The molecular formula is C21H24F2N8. The van der Waals surface area contributed by atoms with Crippen molar-refractivity contribution in [2.24, 2.45) is 11.5 Å². The molecule has 0 bridgehead atoms. The van der Waals surface area contributed by atoms with Crippen LogP contribution in [-0.2, 0) is 12.1 Å². The van der Waals surface area contributed by atoms with Crippen LogP contribution in [0.15, 0.2) is 30.6 Å². The summed E-state index contributed by atoms with van der Waals surface area (Å²) in [7, 11) is 0. The van der Waals surface area contributed by atoms with Crippen LogP contribution in [0, 0.1) is 6.92 Å². The number of alkyl halides is 2. The van der Waals surface area contributed by atoms with Gasteiger partial charge in [0.1, 0.15) is 11.3 Å². The van der Waals surface area contributed by atoms with E-state index in [1.165, 1.54) is 4.57 Å². The molecule has 0 aliphatic heterocycles. The molecule has 1 aliphatic carbocycles. The Bertz CT molecular complexity index is 1250. The van der Waals surface area contributed by atoms with E-state index in [0.29, 0.717) is 28.5 Å². The molecule has 4 N–H and O–H groups in total. The van der Waals surface area contributed by atoms with E-state index in [-0.39, 0.29) is 6.04 Å². The molecule has 0 spiro atoms. The highest BCUT2D eigenvalue weighted by atomic mass is 19.3. The van der Waals surface area contributed by atoms with Crippen LogP contribution in [0.25, 0.3) is 27.9 Å². The first-order valence-corrected chi connectivity index (χ1v) is 10.4. The topological polar surface area (TPSA) is 113 Å². The number of hydrogen-bond acceptors (Lipinski definition) is 6. The Balaban J connectivity index is 1.54. The fourth-order valence-corrected chi connectivity index (χ4v) is 4.35. The molecule has 0 aromatic carbocycles. The van der Waals surface area contributed by atoms with Gasteiger partial charge in [-0.25, -0.2) is 28.2 Å². The smallest absolute Gasteiger partial charge is 0.256 e. The predicted octanol–water partition coefficient (Wildman–Crippen LogP) is 2.77. The van der Waals surface area contributed by atoms with Crippen molar-refractivity contribution >= 4 is 16.7 Å². The molecule has 4 heterocycles. The van der Waals surface area contributed by atoms with E-state index in [4.69, 9.17) is 11.5 Å². The normalized spacial score (nSPS) is 22.1. The van der Waals surface area contributed by atoms with Crippen LogP contribution in [0.5, 0.6) is 0 Å². The molecule has 5 rings (SSSR count). The quantitative estimate of drug-likeness (QED) is 0.519. The Kier molecular flexibility index (Phi) is 4.71. The summed E-state index contributed by atoms with van der Waals surface area (Å²) in [6.45, 7) is 1.26. The van der Waals surface area contributed by atoms with Gasteiger partial charge in [0.05, 0.1) is 29.5 Å². The number of rotatable bonds is 4. The molecular weight excluding hydrogens is 402 g/mol. The van der Waals surface area contributed by atoms with Crippen LogP contribution in [0.4, 0.5) is 8.78 Å². The Morgan fingerprint density at radius 2 is 1.97 bits per heavy atom. The Hall–Kier alpha value is -2.98. The van der Waals surface area contributed by atoms with Crippen molar-refractivity contribution in [1.29, 1.82) is 0 Å². The number of aromatic nitrogens is 6. The summed E-state index contributed by atoms with van der Waals surface area (Å²) in [6.07, 6.45) is 4.30. The molecule has 8 nitrogen and oxygen atoms in total. The predicted molar refractivity (Wildman–Crippen MR) is 113 cm³/mol. The average Bonchev–Trinajstić information content (AvgIpc) is 3.30. The maximum absolute atomic E-state index is 13.0. The van der Waals surface area contributed by atoms with Crippen molar-refractivity contribution in [2.75, 3.05) is 0 Å². The molecule has 0 atom stereocenters. The number of nitrogens with zero attached hydrogens (tertiary/aromatic N) is 6. The maximum atomic E-state index is 13.0. The van der Waals surface area contributed by atoms with E-state index >= 15 is 0 Å². The SMILES string of the molecule is Cc1nc2ccc(-c3ccn4nc(C5(N)CCC(N)CC5)ncc34)nc2n1CC(F)F. The van der Waals surface area contributed by atoms with Gasteiger partial charge in [0.25, 0.3) is 6.43 Å². The number of halogens is 2. The minimum absolute atomic E-state index is 0.182. The van der Waals surface area contributed by atoms with Gasteiger partial charge in [-0.3, -0.25) is 0 Å². The largest absolute Gasteiger partial charge is 0.328 e. The monoisotopic (exact) mass is 426 g/mol. The lowest BCUT2D eigenvalue weighted by Gasteiger charge is -2.34. The minimum Gasteiger partial charge on any atom is -0.328 e. The van der Waals surface area contributed by atoms with Gasteiger partial charge in [-0.05, 0) is 50.8 Å². The third-order valence-electron chi connectivity index (χ3n) is 6.16. The molecule has 10 heteroatoms. The van der Waals surface area contributed by atoms with Crippen LogP contribution in [0.1, 0.15) is 37.3 Å². The Labute approximate surface area is 177 Å². The number of aryl methyl sites for hydroxylation is 1. The van der Waals surface area contributed by atoms with Gasteiger partial charge in [-0.1, -0.05) is 0 Å². The van der Waals surface area contributed by atoms with Crippen LogP contribution in [-0.4, -0.2) is 41.6 Å². The zero-order valence-electron chi connectivity index (χ0n) is 17.2. The summed E-state index contributed by atoms with van der Waals surface area (Å²) < 4.78 is 29.2. The molecule has 0 amide bonds. The lowest BCUT2D eigenvalue weighted by atomic mass is 9.80. The molecule has 4 aromatic heterocycles. The molecule has 1 aliphatic rings. The first-order chi connectivity index (χ1) is 14.8. The number of pyridine rings is 1. The second-order valence-electron chi connectivity index (χ2n) is 8.33. The number of fused-ring (bicyclic) bond motifs is 2. The molecule has 1 saturated carbocycles. The third-order valence-corrected chi connectivity index (χ3v) is 6.16. The van der Waals surface area contributed by atoms with E-state index in [2.05, 4.69) is 20.1 Å². The number of nitrogens with two attached hydrogens (primary N) is 2. The molecule has 0 unspecified atom stereocenters. The summed E-state index contributed by atoms with van der Waals surface area (Å²) in [4.78, 5) is 13.5. The third kappa shape index (κ3) is 3.45. The van der Waals surface area contributed by atoms with Crippen LogP contribution in [0.2, 0.25) is 0 Å². The first-order valence-electron chi connectivity index (χ1n) is 10.4. The van der Waals surface area contributed by atoms with Gasteiger partial charge in [0, 0.05) is 17.8 Å². The summed E-state index contributed by atoms with van der Waals surface area (Å²) in [5.74, 6) is 1.11. The van der Waals surface area contributed by atoms with Crippen molar-refractivity contribution < 1.29 is 8.78 Å². The fourth-order valence-electron chi connectivity index (χ4n) is 4.35. The van der Waals surface area contributed by atoms with Gasteiger partial charge in [-0.15, -0.1) is 0 Å².